The standard InChI is InChI=1S/C18H23NO3S/c1-12(2)22-15-6-4-5-14(9-15)17(20)11-19-18(21)10-16-8-7-13(3)23-16/h4-9,12,17,20H,10-11H2,1-3H3,(H,19,21). The Morgan fingerprint density at radius 1 is 1.30 bits per heavy atom. The van der Waals surface area contributed by atoms with Crippen LogP contribution in [0.4, 0.5) is 0 Å². The van der Waals surface area contributed by atoms with Gasteiger partial charge in [-0.15, -0.1) is 11.3 Å². The number of thiophene rings is 1. The Kier molecular flexibility index (Phi) is 6.19. The van der Waals surface area contributed by atoms with Crippen molar-refractivity contribution in [1.29, 1.82) is 0 Å². The fourth-order valence-electron chi connectivity index (χ4n) is 2.20. The van der Waals surface area contributed by atoms with E-state index in [4.69, 9.17) is 4.74 Å². The van der Waals surface area contributed by atoms with Crippen molar-refractivity contribution in [3.63, 3.8) is 0 Å². The first-order chi connectivity index (χ1) is 10.9. The first kappa shape index (κ1) is 17.5. The number of carbonyl (C=O) groups is 1. The highest BCUT2D eigenvalue weighted by molar-refractivity contribution is 7.12. The number of aliphatic hydroxyl groups is 1. The van der Waals surface area contributed by atoms with E-state index in [0.29, 0.717) is 6.42 Å². The highest BCUT2D eigenvalue weighted by atomic mass is 32.1. The van der Waals surface area contributed by atoms with Crippen LogP contribution in [0.25, 0.3) is 0 Å². The van der Waals surface area contributed by atoms with Gasteiger partial charge in [0.05, 0.1) is 18.6 Å². The molecule has 1 atom stereocenters. The lowest BCUT2D eigenvalue weighted by atomic mass is 10.1. The quantitative estimate of drug-likeness (QED) is 0.818. The summed E-state index contributed by atoms with van der Waals surface area (Å²) in [5.41, 5.74) is 0.732. The van der Waals surface area contributed by atoms with Gasteiger partial charge >= 0.3 is 0 Å². The molecule has 0 saturated heterocycles. The topological polar surface area (TPSA) is 58.6 Å². The summed E-state index contributed by atoms with van der Waals surface area (Å²) >= 11 is 1.61. The number of nitrogens with one attached hydrogen (secondary N) is 1. The molecule has 0 saturated carbocycles. The molecule has 0 bridgehead atoms. The number of hydrogen-bond donors (Lipinski definition) is 2. The third-order valence-electron chi connectivity index (χ3n) is 3.24. The van der Waals surface area contributed by atoms with E-state index in [2.05, 4.69) is 5.32 Å². The average Bonchev–Trinajstić information content (AvgIpc) is 2.89. The Bertz CT molecular complexity index is 651. The minimum Gasteiger partial charge on any atom is -0.491 e. The molecule has 0 aliphatic rings. The Hall–Kier alpha value is -1.85. The van der Waals surface area contributed by atoms with Gasteiger partial charge < -0.3 is 15.2 Å². The SMILES string of the molecule is Cc1ccc(CC(=O)NCC(O)c2cccc(OC(C)C)c2)s1. The van der Waals surface area contributed by atoms with Crippen LogP contribution in [0, 0.1) is 6.92 Å². The predicted molar refractivity (Wildman–Crippen MR) is 92.9 cm³/mol. The highest BCUT2D eigenvalue weighted by Gasteiger charge is 2.12. The van der Waals surface area contributed by atoms with Crippen molar-refractivity contribution in [3.8, 4) is 5.75 Å². The van der Waals surface area contributed by atoms with Crippen LogP contribution in [0.1, 0.15) is 35.3 Å². The van der Waals surface area contributed by atoms with Gasteiger partial charge in [0.15, 0.2) is 0 Å². The molecule has 0 radical (unpaired) electrons. The lowest BCUT2D eigenvalue weighted by molar-refractivity contribution is -0.120. The van der Waals surface area contributed by atoms with Crippen LogP contribution < -0.4 is 10.1 Å². The predicted octanol–water partition coefficient (Wildman–Crippen LogP) is 3.24. The molecule has 2 aromatic rings. The summed E-state index contributed by atoms with van der Waals surface area (Å²) in [5.74, 6) is 0.637. The lowest BCUT2D eigenvalue weighted by Crippen LogP contribution is -2.29. The maximum Gasteiger partial charge on any atom is 0.225 e. The molecular formula is C18H23NO3S. The molecule has 4 nitrogen and oxygen atoms in total. The number of rotatable bonds is 7. The maximum absolute atomic E-state index is 11.9. The van der Waals surface area contributed by atoms with Gasteiger partial charge in [0.1, 0.15) is 5.75 Å². The van der Waals surface area contributed by atoms with Gasteiger partial charge in [-0.3, -0.25) is 4.79 Å². The number of aryl methyl sites for hydroxylation is 1. The molecule has 23 heavy (non-hydrogen) atoms. The van der Waals surface area contributed by atoms with Gasteiger partial charge in [0, 0.05) is 16.3 Å². The van der Waals surface area contributed by atoms with Gasteiger partial charge in [-0.25, -0.2) is 0 Å². The second-order valence-electron chi connectivity index (χ2n) is 5.75. The maximum atomic E-state index is 11.9. The van der Waals surface area contributed by atoms with Gasteiger partial charge in [-0.2, -0.15) is 0 Å². The summed E-state index contributed by atoms with van der Waals surface area (Å²) in [6.45, 7) is 6.11. The molecule has 124 valence electrons. The molecule has 0 aliphatic heterocycles. The first-order valence-electron chi connectivity index (χ1n) is 7.70. The Morgan fingerprint density at radius 2 is 2.09 bits per heavy atom. The normalized spacial score (nSPS) is 12.2. The summed E-state index contributed by atoms with van der Waals surface area (Å²) in [5, 5.41) is 13.0. The summed E-state index contributed by atoms with van der Waals surface area (Å²) in [4.78, 5) is 14.1. The van der Waals surface area contributed by atoms with E-state index in [1.165, 1.54) is 4.88 Å². The number of benzene rings is 1. The second-order valence-corrected chi connectivity index (χ2v) is 7.12. The lowest BCUT2D eigenvalue weighted by Gasteiger charge is -2.15. The number of aliphatic hydroxyl groups excluding tert-OH is 1. The Balaban J connectivity index is 1.86. The molecule has 0 spiro atoms. The minimum absolute atomic E-state index is 0.0800. The van der Waals surface area contributed by atoms with Crippen LogP contribution >= 0.6 is 11.3 Å². The van der Waals surface area contributed by atoms with Crippen molar-refractivity contribution < 1.29 is 14.6 Å². The molecule has 1 amide bonds. The van der Waals surface area contributed by atoms with Gasteiger partial charge in [-0.05, 0) is 50.6 Å². The third kappa shape index (κ3) is 5.69. The molecule has 1 aromatic carbocycles. The molecule has 2 N–H and O–H groups in total. The fraction of sp³-hybridized carbons (Fsp3) is 0.389. The summed E-state index contributed by atoms with van der Waals surface area (Å²) in [7, 11) is 0. The van der Waals surface area contributed by atoms with Crippen LogP contribution in [-0.2, 0) is 11.2 Å². The van der Waals surface area contributed by atoms with Crippen LogP contribution in [0.2, 0.25) is 0 Å². The molecule has 2 rings (SSSR count). The summed E-state index contributed by atoms with van der Waals surface area (Å²) in [6, 6.07) is 11.3. The summed E-state index contributed by atoms with van der Waals surface area (Å²) in [6.07, 6.45) is -0.321. The van der Waals surface area contributed by atoms with E-state index in [1.807, 2.05) is 51.1 Å². The molecule has 0 aliphatic carbocycles. The van der Waals surface area contributed by atoms with Crippen molar-refractivity contribution in [2.75, 3.05) is 6.54 Å². The van der Waals surface area contributed by atoms with Crippen molar-refractivity contribution in [1.82, 2.24) is 5.32 Å². The van der Waals surface area contributed by atoms with Gasteiger partial charge in [-0.1, -0.05) is 12.1 Å². The van der Waals surface area contributed by atoms with E-state index in [1.54, 1.807) is 17.4 Å². The Morgan fingerprint density at radius 3 is 2.74 bits per heavy atom. The average molecular weight is 333 g/mol. The fourth-order valence-corrected chi connectivity index (χ4v) is 3.09. The molecule has 1 aromatic heterocycles. The van der Waals surface area contributed by atoms with Crippen LogP contribution in [0.3, 0.4) is 0 Å². The van der Waals surface area contributed by atoms with Crippen LogP contribution in [0.15, 0.2) is 36.4 Å². The zero-order valence-corrected chi connectivity index (χ0v) is 14.5. The number of carbonyl (C=O) groups excluding carboxylic acids is 1. The largest absolute Gasteiger partial charge is 0.491 e. The van der Waals surface area contributed by atoms with E-state index in [0.717, 1.165) is 16.2 Å². The zero-order valence-electron chi connectivity index (χ0n) is 13.7. The van der Waals surface area contributed by atoms with Crippen molar-refractivity contribution in [2.45, 2.75) is 39.4 Å². The summed E-state index contributed by atoms with van der Waals surface area (Å²) < 4.78 is 5.61. The van der Waals surface area contributed by atoms with Crippen LogP contribution in [-0.4, -0.2) is 23.7 Å². The minimum atomic E-state index is -0.750. The van der Waals surface area contributed by atoms with Crippen LogP contribution in [0.5, 0.6) is 5.75 Å². The molecular weight excluding hydrogens is 310 g/mol. The number of amides is 1. The number of ether oxygens (including phenoxy) is 1. The van der Waals surface area contributed by atoms with E-state index in [-0.39, 0.29) is 18.6 Å². The highest BCUT2D eigenvalue weighted by Crippen LogP contribution is 2.20. The molecule has 0 fully saturated rings. The second kappa shape index (κ2) is 8.13. The number of hydrogen-bond acceptors (Lipinski definition) is 4. The van der Waals surface area contributed by atoms with Crippen molar-refractivity contribution in [3.05, 3.63) is 51.7 Å². The third-order valence-corrected chi connectivity index (χ3v) is 4.24. The monoisotopic (exact) mass is 333 g/mol. The van der Waals surface area contributed by atoms with E-state index >= 15 is 0 Å². The van der Waals surface area contributed by atoms with E-state index in [9.17, 15) is 9.90 Å². The first-order valence-corrected chi connectivity index (χ1v) is 8.52. The van der Waals surface area contributed by atoms with Gasteiger partial charge in [0.25, 0.3) is 0 Å². The van der Waals surface area contributed by atoms with Crippen molar-refractivity contribution >= 4 is 17.2 Å². The smallest absolute Gasteiger partial charge is 0.225 e. The molecule has 5 heteroatoms. The molecule has 1 heterocycles. The van der Waals surface area contributed by atoms with Gasteiger partial charge in [0.2, 0.25) is 5.91 Å². The molecule has 1 unspecified atom stereocenters. The van der Waals surface area contributed by atoms with E-state index < -0.39 is 6.10 Å². The van der Waals surface area contributed by atoms with Crippen molar-refractivity contribution in [2.24, 2.45) is 0 Å². The Labute approximate surface area is 141 Å². The zero-order chi connectivity index (χ0) is 16.8.